The van der Waals surface area contributed by atoms with Gasteiger partial charge in [0.25, 0.3) is 5.91 Å². The maximum atomic E-state index is 13.5. The third-order valence-corrected chi connectivity index (χ3v) is 5.71. The first-order chi connectivity index (χ1) is 13.5. The van der Waals surface area contributed by atoms with E-state index in [1.54, 1.807) is 0 Å². The molecule has 0 bridgehead atoms. The molecule has 1 aliphatic rings. The number of carbonyl (C=O) groups excluding carboxylic acids is 2. The molecule has 2 aromatic carbocycles. The fraction of sp³-hybridized carbons (Fsp3) is 0.364. The molecular weight excluding hydrogens is 381 g/mol. The minimum absolute atomic E-state index is 0.0263. The Bertz CT molecular complexity index is 843. The van der Waals surface area contributed by atoms with E-state index in [0.717, 1.165) is 18.9 Å². The van der Waals surface area contributed by atoms with Gasteiger partial charge in [-0.25, -0.2) is 4.39 Å². The zero-order chi connectivity index (χ0) is 20.1. The molecule has 1 amide bonds. The van der Waals surface area contributed by atoms with Crippen LogP contribution in [0.15, 0.2) is 48.5 Å². The topological polar surface area (TPSA) is 66.4 Å². The number of benzene rings is 2. The minimum atomic E-state index is -0.697. The van der Waals surface area contributed by atoms with Crippen LogP contribution in [0.2, 0.25) is 5.02 Å². The molecule has 2 N–H and O–H groups in total. The van der Waals surface area contributed by atoms with E-state index >= 15 is 0 Å². The molecule has 148 valence electrons. The van der Waals surface area contributed by atoms with Crippen LogP contribution in [0.5, 0.6) is 0 Å². The molecule has 0 radical (unpaired) electrons. The van der Waals surface area contributed by atoms with E-state index < -0.39 is 17.5 Å². The number of nitrogens with one attached hydrogen (secondary N) is 1. The van der Waals surface area contributed by atoms with Crippen molar-refractivity contribution in [3.05, 3.63) is 70.5 Å². The Balaban J connectivity index is 1.58. The SMILES string of the molecule is O=C(Cc1ccc(Cl)c(F)c1)C(=O)NC1CCC(c2ccccc2)CC1CO. The lowest BCUT2D eigenvalue weighted by atomic mass is 9.75. The van der Waals surface area contributed by atoms with Crippen molar-refractivity contribution in [2.24, 2.45) is 5.92 Å². The van der Waals surface area contributed by atoms with Crippen LogP contribution < -0.4 is 5.32 Å². The molecule has 0 saturated heterocycles. The number of hydrogen-bond donors (Lipinski definition) is 2. The number of aliphatic hydroxyl groups is 1. The quantitative estimate of drug-likeness (QED) is 0.723. The predicted molar refractivity (Wildman–Crippen MR) is 106 cm³/mol. The molecule has 1 fully saturated rings. The molecule has 0 aliphatic heterocycles. The van der Waals surface area contributed by atoms with E-state index in [0.29, 0.717) is 17.9 Å². The molecule has 1 aliphatic carbocycles. The van der Waals surface area contributed by atoms with Crippen molar-refractivity contribution in [1.82, 2.24) is 5.32 Å². The van der Waals surface area contributed by atoms with E-state index in [2.05, 4.69) is 17.4 Å². The van der Waals surface area contributed by atoms with Crippen molar-refractivity contribution in [3.63, 3.8) is 0 Å². The van der Waals surface area contributed by atoms with E-state index in [1.807, 2.05) is 18.2 Å². The lowest BCUT2D eigenvalue weighted by Crippen LogP contribution is -2.47. The highest BCUT2D eigenvalue weighted by molar-refractivity contribution is 6.36. The number of halogens is 2. The third-order valence-electron chi connectivity index (χ3n) is 5.41. The van der Waals surface area contributed by atoms with Gasteiger partial charge >= 0.3 is 0 Å². The van der Waals surface area contributed by atoms with Crippen molar-refractivity contribution in [2.75, 3.05) is 6.61 Å². The Labute approximate surface area is 168 Å². The summed E-state index contributed by atoms with van der Waals surface area (Å²) >= 11 is 5.63. The molecule has 0 aromatic heterocycles. The summed E-state index contributed by atoms with van der Waals surface area (Å²) in [5.41, 5.74) is 1.63. The Morgan fingerprint density at radius 3 is 2.57 bits per heavy atom. The molecule has 0 spiro atoms. The highest BCUT2D eigenvalue weighted by Gasteiger charge is 2.32. The van der Waals surface area contributed by atoms with Crippen molar-refractivity contribution < 1.29 is 19.1 Å². The Morgan fingerprint density at radius 1 is 1.14 bits per heavy atom. The molecular formula is C22H23ClFNO3. The summed E-state index contributed by atoms with van der Waals surface area (Å²) in [4.78, 5) is 24.6. The lowest BCUT2D eigenvalue weighted by Gasteiger charge is -2.35. The highest BCUT2D eigenvalue weighted by Crippen LogP contribution is 2.36. The molecule has 1 saturated carbocycles. The van der Waals surface area contributed by atoms with Gasteiger partial charge in [0.15, 0.2) is 0 Å². The van der Waals surface area contributed by atoms with E-state index in [9.17, 15) is 19.1 Å². The van der Waals surface area contributed by atoms with Crippen LogP contribution in [0.3, 0.4) is 0 Å². The van der Waals surface area contributed by atoms with Crippen LogP contribution in [0.4, 0.5) is 4.39 Å². The number of Topliss-reactive ketones (excluding diaryl/α,β-unsaturated/α-hetero) is 1. The maximum absolute atomic E-state index is 13.5. The molecule has 3 atom stereocenters. The Kier molecular flexibility index (Phi) is 6.81. The second kappa shape index (κ2) is 9.30. The summed E-state index contributed by atoms with van der Waals surface area (Å²) in [5, 5.41) is 12.5. The third kappa shape index (κ3) is 4.97. The smallest absolute Gasteiger partial charge is 0.287 e. The minimum Gasteiger partial charge on any atom is -0.396 e. The predicted octanol–water partition coefficient (Wildman–Crippen LogP) is 3.65. The summed E-state index contributed by atoms with van der Waals surface area (Å²) in [6.45, 7) is -0.0507. The first-order valence-corrected chi connectivity index (χ1v) is 9.79. The van der Waals surface area contributed by atoms with Gasteiger partial charge in [-0.3, -0.25) is 9.59 Å². The van der Waals surface area contributed by atoms with Gasteiger partial charge in [-0.15, -0.1) is 0 Å². The highest BCUT2D eigenvalue weighted by atomic mass is 35.5. The van der Waals surface area contributed by atoms with Crippen LogP contribution >= 0.6 is 11.6 Å². The fourth-order valence-corrected chi connectivity index (χ4v) is 3.97. The number of ketones is 1. The van der Waals surface area contributed by atoms with Gasteiger partial charge in [0.2, 0.25) is 5.78 Å². The summed E-state index contributed by atoms with van der Waals surface area (Å²) in [7, 11) is 0. The molecule has 6 heteroatoms. The number of amides is 1. The normalized spacial score (nSPS) is 21.9. The van der Waals surface area contributed by atoms with E-state index in [4.69, 9.17) is 11.6 Å². The standard InChI is InChI=1S/C22H23ClFNO3/c23-18-8-6-14(10-19(18)24)11-21(27)22(28)25-20-9-7-16(12-17(20)13-26)15-4-2-1-3-5-15/h1-6,8,10,16-17,20,26H,7,9,11-13H2,(H,25,28). The fourth-order valence-electron chi connectivity index (χ4n) is 3.85. The summed E-state index contributed by atoms with van der Waals surface area (Å²) in [6, 6.07) is 13.9. The lowest BCUT2D eigenvalue weighted by molar-refractivity contribution is -0.138. The average Bonchev–Trinajstić information content (AvgIpc) is 2.71. The van der Waals surface area contributed by atoms with Crippen LogP contribution in [-0.2, 0) is 16.0 Å². The maximum Gasteiger partial charge on any atom is 0.287 e. The van der Waals surface area contributed by atoms with Gasteiger partial charge in [0.05, 0.1) is 5.02 Å². The van der Waals surface area contributed by atoms with Crippen LogP contribution in [0.1, 0.15) is 36.3 Å². The Hall–Kier alpha value is -2.24. The zero-order valence-corrected chi connectivity index (χ0v) is 16.2. The van der Waals surface area contributed by atoms with Gasteiger partial charge in [0.1, 0.15) is 5.82 Å². The van der Waals surface area contributed by atoms with Crippen LogP contribution in [0, 0.1) is 11.7 Å². The van der Waals surface area contributed by atoms with Crippen LogP contribution in [-0.4, -0.2) is 29.4 Å². The average molecular weight is 404 g/mol. The number of hydrogen-bond acceptors (Lipinski definition) is 3. The summed E-state index contributed by atoms with van der Waals surface area (Å²) < 4.78 is 13.5. The molecule has 0 heterocycles. The largest absolute Gasteiger partial charge is 0.396 e. The van der Waals surface area contributed by atoms with Crippen molar-refractivity contribution in [2.45, 2.75) is 37.6 Å². The Morgan fingerprint density at radius 2 is 1.89 bits per heavy atom. The van der Waals surface area contributed by atoms with Crippen molar-refractivity contribution >= 4 is 23.3 Å². The zero-order valence-electron chi connectivity index (χ0n) is 15.4. The number of carbonyl (C=O) groups is 2. The first-order valence-electron chi connectivity index (χ1n) is 9.41. The first kappa shape index (κ1) is 20.5. The van der Waals surface area contributed by atoms with Gasteiger partial charge in [-0.1, -0.05) is 48.0 Å². The van der Waals surface area contributed by atoms with Gasteiger partial charge in [-0.05, 0) is 48.4 Å². The second-order valence-electron chi connectivity index (χ2n) is 7.29. The van der Waals surface area contributed by atoms with Gasteiger partial charge in [-0.2, -0.15) is 0 Å². The molecule has 28 heavy (non-hydrogen) atoms. The number of rotatable bonds is 6. The van der Waals surface area contributed by atoms with Crippen molar-refractivity contribution in [3.8, 4) is 0 Å². The second-order valence-corrected chi connectivity index (χ2v) is 7.70. The summed E-state index contributed by atoms with van der Waals surface area (Å²) in [5.74, 6) is -1.73. The molecule has 3 unspecified atom stereocenters. The molecule has 2 aromatic rings. The van der Waals surface area contributed by atoms with E-state index in [-0.39, 0.29) is 30.0 Å². The van der Waals surface area contributed by atoms with E-state index in [1.165, 1.54) is 17.7 Å². The van der Waals surface area contributed by atoms with Gasteiger partial charge in [0, 0.05) is 25.0 Å². The molecule has 3 rings (SSSR count). The van der Waals surface area contributed by atoms with Gasteiger partial charge < -0.3 is 10.4 Å². The summed E-state index contributed by atoms with van der Waals surface area (Å²) in [6.07, 6.45) is 2.13. The number of aliphatic hydroxyl groups excluding tert-OH is 1. The molecule has 4 nitrogen and oxygen atoms in total. The van der Waals surface area contributed by atoms with Crippen molar-refractivity contribution in [1.29, 1.82) is 0 Å². The van der Waals surface area contributed by atoms with Crippen LogP contribution in [0.25, 0.3) is 0 Å². The monoisotopic (exact) mass is 403 g/mol.